The van der Waals surface area contributed by atoms with Crippen molar-refractivity contribution in [2.45, 2.75) is 81.3 Å². The topological polar surface area (TPSA) is 126 Å². The number of alkyl halides is 3. The van der Waals surface area contributed by atoms with E-state index in [0.717, 1.165) is 13.5 Å². The molecule has 2 bridgehead atoms. The summed E-state index contributed by atoms with van der Waals surface area (Å²) in [6.45, 7) is 0.769. The lowest BCUT2D eigenvalue weighted by molar-refractivity contribution is -0.169. The van der Waals surface area contributed by atoms with Crippen LogP contribution in [0.1, 0.15) is 55.6 Å². The first-order valence-electron chi connectivity index (χ1n) is 16.3. The minimum absolute atomic E-state index is 0.0135. The van der Waals surface area contributed by atoms with E-state index < -0.39 is 70.5 Å². The maximum Gasteiger partial charge on any atom is 0.407 e. The van der Waals surface area contributed by atoms with Crippen molar-refractivity contribution in [1.29, 1.82) is 0 Å². The molecule has 270 valence electrons. The summed E-state index contributed by atoms with van der Waals surface area (Å²) in [5.41, 5.74) is 0.819. The van der Waals surface area contributed by atoms with E-state index in [1.807, 2.05) is 0 Å². The predicted molar refractivity (Wildman–Crippen MR) is 175 cm³/mol. The van der Waals surface area contributed by atoms with Crippen LogP contribution in [-0.2, 0) is 30.7 Å². The highest BCUT2D eigenvalue weighted by Crippen LogP contribution is 2.40. The van der Waals surface area contributed by atoms with Crippen molar-refractivity contribution in [2.75, 3.05) is 37.9 Å². The lowest BCUT2D eigenvalue weighted by atomic mass is 9.74. The van der Waals surface area contributed by atoms with Gasteiger partial charge in [0.25, 0.3) is 0 Å². The molecule has 0 aliphatic carbocycles. The number of anilines is 1. The number of fused-ring (bicyclic) bond motifs is 2. The van der Waals surface area contributed by atoms with Crippen LogP contribution >= 0.6 is 11.6 Å². The lowest BCUT2D eigenvalue weighted by Crippen LogP contribution is -2.57. The molecule has 0 saturated carbocycles. The van der Waals surface area contributed by atoms with Crippen molar-refractivity contribution < 1.29 is 45.0 Å². The number of hydrogen-bond donors (Lipinski definition) is 3. The summed E-state index contributed by atoms with van der Waals surface area (Å²) in [7, 11) is -2.36. The molecule has 2 aromatic carbocycles. The smallest absolute Gasteiger partial charge is 0.407 e. The number of nitrogens with one attached hydrogen (secondary N) is 3. The highest BCUT2D eigenvalue weighted by molar-refractivity contribution is 7.89. The molecule has 7 atom stereocenters. The van der Waals surface area contributed by atoms with Crippen molar-refractivity contribution in [3.8, 4) is 0 Å². The zero-order valence-electron chi connectivity index (χ0n) is 27.0. The SMILES string of the molecule is COC(=O)N[C@H](C(=O)Nc1cccc(F)c1CCC1CNC2CCCS(=O)(=O)N1C2)[C@@H](c1ccc(Cl)cc1)C1CCOC(CC(F)(F)F)C1. The molecule has 3 aliphatic heterocycles. The van der Waals surface area contributed by atoms with E-state index >= 15 is 4.39 Å². The van der Waals surface area contributed by atoms with Crippen molar-refractivity contribution in [1.82, 2.24) is 14.9 Å². The average Bonchev–Trinajstić information content (AvgIpc) is 3.16. The molecule has 2 aromatic rings. The number of rotatable bonds is 10. The number of benzene rings is 2. The highest BCUT2D eigenvalue weighted by Gasteiger charge is 2.43. The van der Waals surface area contributed by atoms with Gasteiger partial charge in [-0.15, -0.1) is 0 Å². The monoisotopic (exact) mass is 732 g/mol. The first-order chi connectivity index (χ1) is 23.2. The van der Waals surface area contributed by atoms with Crippen LogP contribution < -0.4 is 16.0 Å². The third kappa shape index (κ3) is 9.63. The highest BCUT2D eigenvalue weighted by atomic mass is 35.5. The molecular formula is C33H41ClF4N4O6S. The molecule has 5 unspecified atom stereocenters. The average molecular weight is 733 g/mol. The molecule has 0 spiro atoms. The maximum absolute atomic E-state index is 15.4. The largest absolute Gasteiger partial charge is 0.453 e. The van der Waals surface area contributed by atoms with Gasteiger partial charge in [-0.25, -0.2) is 17.6 Å². The zero-order valence-corrected chi connectivity index (χ0v) is 28.6. The van der Waals surface area contributed by atoms with Gasteiger partial charge in [0.1, 0.15) is 11.9 Å². The number of nitrogens with zero attached hydrogens (tertiary/aromatic N) is 1. The van der Waals surface area contributed by atoms with Gasteiger partial charge in [0.05, 0.1) is 25.4 Å². The Balaban J connectivity index is 1.42. The molecule has 0 radical (unpaired) electrons. The van der Waals surface area contributed by atoms with E-state index in [0.29, 0.717) is 36.5 Å². The predicted octanol–water partition coefficient (Wildman–Crippen LogP) is 5.37. The van der Waals surface area contributed by atoms with E-state index in [9.17, 15) is 31.2 Å². The van der Waals surface area contributed by atoms with Gasteiger partial charge in [0.2, 0.25) is 15.9 Å². The van der Waals surface area contributed by atoms with Gasteiger partial charge in [-0.2, -0.15) is 17.5 Å². The van der Waals surface area contributed by atoms with Crippen molar-refractivity contribution in [3.63, 3.8) is 0 Å². The van der Waals surface area contributed by atoms with Gasteiger partial charge in [0.15, 0.2) is 0 Å². The number of halogens is 5. The van der Waals surface area contributed by atoms with Crippen LogP contribution in [0, 0.1) is 11.7 Å². The molecule has 10 nitrogen and oxygen atoms in total. The minimum Gasteiger partial charge on any atom is -0.453 e. The maximum atomic E-state index is 15.4. The Labute approximate surface area is 288 Å². The third-order valence-corrected chi connectivity index (χ3v) is 11.8. The molecule has 3 heterocycles. The van der Waals surface area contributed by atoms with Crippen LogP contribution in [0.2, 0.25) is 5.02 Å². The molecule has 49 heavy (non-hydrogen) atoms. The lowest BCUT2D eigenvalue weighted by Gasteiger charge is -2.38. The van der Waals surface area contributed by atoms with E-state index in [1.54, 1.807) is 24.3 Å². The normalized spacial score (nSPS) is 26.5. The van der Waals surface area contributed by atoms with Gasteiger partial charge in [0, 0.05) is 54.0 Å². The second kappa shape index (κ2) is 15.9. The summed E-state index contributed by atoms with van der Waals surface area (Å²) in [6, 6.07) is 8.92. The van der Waals surface area contributed by atoms with Crippen LogP contribution in [0.5, 0.6) is 0 Å². The summed E-state index contributed by atoms with van der Waals surface area (Å²) < 4.78 is 93.2. The van der Waals surface area contributed by atoms with Gasteiger partial charge in [-0.05, 0) is 74.3 Å². The molecular weight excluding hydrogens is 692 g/mol. The summed E-state index contributed by atoms with van der Waals surface area (Å²) in [5.74, 6) is -2.68. The fraction of sp³-hybridized carbons (Fsp3) is 0.576. The Kier molecular flexibility index (Phi) is 12.1. The molecule has 2 amide bonds. The molecule has 16 heteroatoms. The van der Waals surface area contributed by atoms with Gasteiger partial charge >= 0.3 is 12.3 Å². The molecule has 3 saturated heterocycles. The van der Waals surface area contributed by atoms with Gasteiger partial charge in [-0.1, -0.05) is 29.8 Å². The molecule has 3 fully saturated rings. The number of hydrogen-bond acceptors (Lipinski definition) is 7. The number of carbonyl (C=O) groups excluding carboxylic acids is 2. The van der Waals surface area contributed by atoms with E-state index in [2.05, 4.69) is 16.0 Å². The van der Waals surface area contributed by atoms with Gasteiger partial charge in [-0.3, -0.25) is 4.79 Å². The second-order valence-electron chi connectivity index (χ2n) is 12.9. The van der Waals surface area contributed by atoms with Crippen LogP contribution in [0.15, 0.2) is 42.5 Å². The quantitative estimate of drug-likeness (QED) is 0.281. The summed E-state index contributed by atoms with van der Waals surface area (Å²) in [4.78, 5) is 26.8. The third-order valence-electron chi connectivity index (χ3n) is 9.60. The molecule has 3 N–H and O–H groups in total. The van der Waals surface area contributed by atoms with E-state index in [4.69, 9.17) is 21.1 Å². The van der Waals surface area contributed by atoms with Crippen LogP contribution in [-0.4, -0.2) is 87.7 Å². The summed E-state index contributed by atoms with van der Waals surface area (Å²) in [6.07, 6.45) is -5.78. The van der Waals surface area contributed by atoms with Gasteiger partial charge < -0.3 is 25.4 Å². The number of piperazine rings is 1. The zero-order chi connectivity index (χ0) is 35.3. The number of sulfonamides is 1. The van der Waals surface area contributed by atoms with Crippen LogP contribution in [0.3, 0.4) is 0 Å². The number of ether oxygens (including phenoxy) is 2. The molecule has 0 aromatic heterocycles. The summed E-state index contributed by atoms with van der Waals surface area (Å²) in [5, 5.41) is 9.11. The fourth-order valence-corrected chi connectivity index (χ4v) is 9.19. The number of methoxy groups -OCH3 is 1. The van der Waals surface area contributed by atoms with E-state index in [1.165, 1.54) is 22.5 Å². The fourth-order valence-electron chi connectivity index (χ4n) is 7.26. The first kappa shape index (κ1) is 37.3. The van der Waals surface area contributed by atoms with Crippen molar-refractivity contribution in [3.05, 3.63) is 64.4 Å². The summed E-state index contributed by atoms with van der Waals surface area (Å²) >= 11 is 6.13. The van der Waals surface area contributed by atoms with Crippen molar-refractivity contribution in [2.24, 2.45) is 5.92 Å². The van der Waals surface area contributed by atoms with E-state index in [-0.39, 0.29) is 48.9 Å². The second-order valence-corrected chi connectivity index (χ2v) is 15.3. The Hall–Kier alpha value is -2.98. The number of alkyl carbamates (subject to hydrolysis) is 1. The number of amides is 2. The van der Waals surface area contributed by atoms with Crippen LogP contribution in [0.25, 0.3) is 0 Å². The van der Waals surface area contributed by atoms with Crippen molar-refractivity contribution >= 4 is 39.3 Å². The molecule has 3 aliphatic rings. The Morgan fingerprint density at radius 1 is 1.16 bits per heavy atom. The standard InChI is InChI=1S/C33H41ClF4N4O6S/c1-47-32(44)41-30(29(20-7-9-22(34)10-8-20)21-13-14-48-25(16-21)17-33(36,37)38)31(43)40-28-6-2-5-27(35)26(28)12-11-24-18-39-23-4-3-15-49(45,46)42(24)19-23/h2,5-10,21,23-25,29-30,39H,3-4,11-19H2,1H3,(H,40,43)(H,41,44)/t21?,23?,24?,25?,29-,30-/m0/s1. The minimum atomic E-state index is -4.47. The Morgan fingerprint density at radius 2 is 1.92 bits per heavy atom. The Bertz CT molecular complexity index is 1580. The Morgan fingerprint density at radius 3 is 2.63 bits per heavy atom. The number of carbonyl (C=O) groups is 2. The molecule has 5 rings (SSSR count). The van der Waals surface area contributed by atoms with Crippen LogP contribution in [0.4, 0.5) is 28.0 Å². The first-order valence-corrected chi connectivity index (χ1v) is 18.3.